The SMILES string of the molecule is Cc1ccc(C(N)=O)cc1NCC(=O)Nc1ccccc1I. The minimum Gasteiger partial charge on any atom is -0.376 e. The van der Waals surface area contributed by atoms with Crippen LogP contribution in [0.5, 0.6) is 0 Å². The molecular weight excluding hydrogens is 393 g/mol. The predicted molar refractivity (Wildman–Crippen MR) is 96.0 cm³/mol. The number of hydrogen-bond acceptors (Lipinski definition) is 3. The highest BCUT2D eigenvalue weighted by Gasteiger charge is 2.08. The third-order valence-electron chi connectivity index (χ3n) is 3.11. The van der Waals surface area contributed by atoms with Crippen molar-refractivity contribution < 1.29 is 9.59 Å². The van der Waals surface area contributed by atoms with Crippen LogP contribution in [0.1, 0.15) is 15.9 Å². The Labute approximate surface area is 142 Å². The van der Waals surface area contributed by atoms with Gasteiger partial charge in [0.1, 0.15) is 0 Å². The van der Waals surface area contributed by atoms with E-state index in [0.717, 1.165) is 14.8 Å². The van der Waals surface area contributed by atoms with Crippen molar-refractivity contribution in [2.75, 3.05) is 17.2 Å². The van der Waals surface area contributed by atoms with Crippen molar-refractivity contribution in [2.45, 2.75) is 6.92 Å². The van der Waals surface area contributed by atoms with Gasteiger partial charge in [0.25, 0.3) is 0 Å². The molecule has 0 fully saturated rings. The topological polar surface area (TPSA) is 84.2 Å². The van der Waals surface area contributed by atoms with Gasteiger partial charge in [-0.15, -0.1) is 0 Å². The maximum Gasteiger partial charge on any atom is 0.248 e. The molecule has 2 aromatic rings. The number of para-hydroxylation sites is 1. The Morgan fingerprint density at radius 1 is 1.14 bits per heavy atom. The fourth-order valence-corrected chi connectivity index (χ4v) is 2.42. The average molecular weight is 409 g/mol. The summed E-state index contributed by atoms with van der Waals surface area (Å²) in [4.78, 5) is 23.2. The first-order chi connectivity index (χ1) is 10.5. The molecule has 0 aromatic heterocycles. The highest BCUT2D eigenvalue weighted by Crippen LogP contribution is 2.18. The zero-order valence-corrected chi connectivity index (χ0v) is 14.2. The van der Waals surface area contributed by atoms with Crippen molar-refractivity contribution >= 4 is 45.8 Å². The summed E-state index contributed by atoms with van der Waals surface area (Å²) in [6.07, 6.45) is 0. The van der Waals surface area contributed by atoms with Crippen LogP contribution in [0.25, 0.3) is 0 Å². The lowest BCUT2D eigenvalue weighted by Crippen LogP contribution is -2.22. The van der Waals surface area contributed by atoms with E-state index in [1.54, 1.807) is 18.2 Å². The summed E-state index contributed by atoms with van der Waals surface area (Å²) >= 11 is 2.16. The van der Waals surface area contributed by atoms with Crippen molar-refractivity contribution in [3.63, 3.8) is 0 Å². The van der Waals surface area contributed by atoms with Crippen LogP contribution in [0.3, 0.4) is 0 Å². The quantitative estimate of drug-likeness (QED) is 0.665. The summed E-state index contributed by atoms with van der Waals surface area (Å²) in [5.41, 5.74) is 8.10. The molecular formula is C16H16IN3O2. The number of primary amides is 1. The lowest BCUT2D eigenvalue weighted by molar-refractivity contribution is -0.114. The van der Waals surface area contributed by atoms with Gasteiger partial charge in [-0.2, -0.15) is 0 Å². The summed E-state index contributed by atoms with van der Waals surface area (Å²) in [6.45, 7) is 2.00. The first kappa shape index (κ1) is 16.3. The molecule has 2 amide bonds. The van der Waals surface area contributed by atoms with E-state index < -0.39 is 5.91 Å². The molecule has 0 heterocycles. The molecule has 22 heavy (non-hydrogen) atoms. The van der Waals surface area contributed by atoms with E-state index in [1.165, 1.54) is 0 Å². The fraction of sp³-hybridized carbons (Fsp3) is 0.125. The molecule has 0 aliphatic rings. The summed E-state index contributed by atoms with van der Waals surface area (Å²) in [6, 6.07) is 12.6. The Morgan fingerprint density at radius 2 is 1.86 bits per heavy atom. The molecule has 2 rings (SSSR count). The van der Waals surface area contributed by atoms with Crippen LogP contribution in [-0.2, 0) is 4.79 Å². The minimum absolute atomic E-state index is 0.105. The number of amides is 2. The lowest BCUT2D eigenvalue weighted by atomic mass is 10.1. The number of aryl methyl sites for hydroxylation is 1. The molecule has 0 aliphatic carbocycles. The Kier molecular flexibility index (Phi) is 5.37. The Balaban J connectivity index is 2.01. The highest BCUT2D eigenvalue weighted by atomic mass is 127. The zero-order chi connectivity index (χ0) is 16.1. The van der Waals surface area contributed by atoms with Crippen LogP contribution >= 0.6 is 22.6 Å². The van der Waals surface area contributed by atoms with Crippen molar-refractivity contribution in [2.24, 2.45) is 5.73 Å². The van der Waals surface area contributed by atoms with Gasteiger partial charge < -0.3 is 16.4 Å². The van der Waals surface area contributed by atoms with Gasteiger partial charge in [0.15, 0.2) is 0 Å². The molecule has 5 nitrogen and oxygen atoms in total. The maximum absolute atomic E-state index is 12.0. The zero-order valence-electron chi connectivity index (χ0n) is 12.0. The number of nitrogens with two attached hydrogens (primary N) is 1. The van der Waals surface area contributed by atoms with Crippen molar-refractivity contribution in [3.8, 4) is 0 Å². The molecule has 0 saturated heterocycles. The second kappa shape index (κ2) is 7.26. The number of halogens is 1. The van der Waals surface area contributed by atoms with Crippen molar-refractivity contribution in [3.05, 3.63) is 57.2 Å². The van der Waals surface area contributed by atoms with E-state index >= 15 is 0 Å². The van der Waals surface area contributed by atoms with Gasteiger partial charge >= 0.3 is 0 Å². The molecule has 4 N–H and O–H groups in total. The van der Waals surface area contributed by atoms with Crippen LogP contribution in [0.2, 0.25) is 0 Å². The van der Waals surface area contributed by atoms with Crippen molar-refractivity contribution in [1.29, 1.82) is 0 Å². The van der Waals surface area contributed by atoms with Gasteiger partial charge in [0, 0.05) is 14.8 Å². The molecule has 6 heteroatoms. The maximum atomic E-state index is 12.0. The first-order valence-electron chi connectivity index (χ1n) is 6.66. The molecule has 0 unspecified atom stereocenters. The van der Waals surface area contributed by atoms with Crippen LogP contribution in [-0.4, -0.2) is 18.4 Å². The molecule has 0 spiro atoms. The molecule has 0 aliphatic heterocycles. The van der Waals surface area contributed by atoms with Gasteiger partial charge in [0.2, 0.25) is 11.8 Å². The van der Waals surface area contributed by atoms with Gasteiger partial charge in [-0.3, -0.25) is 9.59 Å². The van der Waals surface area contributed by atoms with Crippen molar-refractivity contribution in [1.82, 2.24) is 0 Å². The molecule has 2 aromatic carbocycles. The number of anilines is 2. The first-order valence-corrected chi connectivity index (χ1v) is 7.74. The second-order valence-corrected chi connectivity index (χ2v) is 5.94. The van der Waals surface area contributed by atoms with Crippen LogP contribution in [0.15, 0.2) is 42.5 Å². The number of nitrogens with one attached hydrogen (secondary N) is 2. The van der Waals surface area contributed by atoms with Gasteiger partial charge in [-0.1, -0.05) is 18.2 Å². The van der Waals surface area contributed by atoms with Gasteiger partial charge in [-0.05, 0) is 59.3 Å². The molecule has 0 radical (unpaired) electrons. The fourth-order valence-electron chi connectivity index (χ4n) is 1.90. The number of rotatable bonds is 5. The number of carbonyl (C=O) groups excluding carboxylic acids is 2. The van der Waals surface area contributed by atoms with E-state index in [9.17, 15) is 9.59 Å². The minimum atomic E-state index is -0.494. The number of carbonyl (C=O) groups is 2. The number of benzene rings is 2. The van der Waals surface area contributed by atoms with Crippen LogP contribution < -0.4 is 16.4 Å². The standard InChI is InChI=1S/C16H16IN3O2/c1-10-6-7-11(16(18)22)8-14(10)19-9-15(21)20-13-5-3-2-4-12(13)17/h2-8,19H,9H2,1H3,(H2,18,22)(H,20,21). The van der Waals surface area contributed by atoms with Gasteiger partial charge in [0.05, 0.1) is 12.2 Å². The van der Waals surface area contributed by atoms with E-state index in [2.05, 4.69) is 33.2 Å². The van der Waals surface area contributed by atoms with E-state index in [4.69, 9.17) is 5.73 Å². The van der Waals surface area contributed by atoms with Crippen LogP contribution in [0.4, 0.5) is 11.4 Å². The lowest BCUT2D eigenvalue weighted by Gasteiger charge is -2.11. The predicted octanol–water partition coefficient (Wildman–Crippen LogP) is 2.75. The van der Waals surface area contributed by atoms with E-state index in [0.29, 0.717) is 11.3 Å². The molecule has 0 saturated carbocycles. The van der Waals surface area contributed by atoms with E-state index in [1.807, 2.05) is 31.2 Å². The van der Waals surface area contributed by atoms with Crippen LogP contribution in [0, 0.1) is 10.5 Å². The molecule has 0 atom stereocenters. The largest absolute Gasteiger partial charge is 0.376 e. The van der Waals surface area contributed by atoms with E-state index in [-0.39, 0.29) is 12.5 Å². The Hall–Kier alpha value is -2.09. The molecule has 0 bridgehead atoms. The summed E-state index contributed by atoms with van der Waals surface area (Å²) < 4.78 is 0.973. The monoisotopic (exact) mass is 409 g/mol. The average Bonchev–Trinajstić information content (AvgIpc) is 2.48. The molecule has 114 valence electrons. The second-order valence-electron chi connectivity index (χ2n) is 4.78. The third kappa shape index (κ3) is 4.20. The third-order valence-corrected chi connectivity index (χ3v) is 4.05. The Morgan fingerprint density at radius 3 is 2.55 bits per heavy atom. The normalized spacial score (nSPS) is 10.1. The summed E-state index contributed by atoms with van der Waals surface area (Å²) in [7, 11) is 0. The summed E-state index contributed by atoms with van der Waals surface area (Å²) in [5, 5.41) is 5.86. The van der Waals surface area contributed by atoms with Gasteiger partial charge in [-0.25, -0.2) is 0 Å². The smallest absolute Gasteiger partial charge is 0.248 e. The highest BCUT2D eigenvalue weighted by molar-refractivity contribution is 14.1. The number of hydrogen-bond donors (Lipinski definition) is 3. The Bertz CT molecular complexity index is 716. The summed E-state index contributed by atoms with van der Waals surface area (Å²) in [5.74, 6) is -0.653.